The van der Waals surface area contributed by atoms with Crippen LogP contribution in [0.5, 0.6) is 0 Å². The molecule has 0 saturated heterocycles. The molecule has 0 amide bonds. The summed E-state index contributed by atoms with van der Waals surface area (Å²) in [4.78, 5) is 0. The first-order chi connectivity index (χ1) is 15.8. The van der Waals surface area contributed by atoms with E-state index in [4.69, 9.17) is 0 Å². The summed E-state index contributed by atoms with van der Waals surface area (Å²) in [5.74, 6) is 0. The Morgan fingerprint density at radius 1 is 0.727 bits per heavy atom. The lowest BCUT2D eigenvalue weighted by atomic mass is 10.0. The molecule has 33 heavy (non-hydrogen) atoms. The third-order valence-electron chi connectivity index (χ3n) is 5.79. The maximum atomic E-state index is 4.17. The van der Waals surface area contributed by atoms with E-state index in [1.54, 1.807) is 0 Å². The molecule has 2 atom stereocenters. The van der Waals surface area contributed by atoms with Gasteiger partial charge < -0.3 is 21.3 Å². The first-order valence-electron chi connectivity index (χ1n) is 13.4. The van der Waals surface area contributed by atoms with E-state index in [9.17, 15) is 0 Å². The van der Waals surface area contributed by atoms with Crippen molar-refractivity contribution in [3.8, 4) is 0 Å². The molecule has 4 N–H and O–H groups in total. The average Bonchev–Trinajstić information content (AvgIpc) is 2.79. The molecule has 0 radical (unpaired) electrons. The van der Waals surface area contributed by atoms with E-state index < -0.39 is 0 Å². The SMILES string of the molecule is C=C(C)N[C@H](CCC(=C)NCCCCCCCC(=C)NCCC[C@@H](CC)NC)C(=C)C.CC. The van der Waals surface area contributed by atoms with Crippen LogP contribution < -0.4 is 21.3 Å². The maximum absolute atomic E-state index is 4.17. The van der Waals surface area contributed by atoms with Crippen LogP contribution in [0.1, 0.15) is 105 Å². The Hall–Kier alpha value is -1.68. The highest BCUT2D eigenvalue weighted by molar-refractivity contribution is 5.07. The standard InChI is InChI=1S/C27H52N4.C2H6/c1-9-26(28-8)17-15-21-30-24(6)16-13-11-10-12-14-20-29-25(7)18-19-27(22(2)3)31-23(4)5;1-2/h26-31H,2,4,6-7,9-21H2,1,3,5,8H3;1-2H3/t26-,27-;/m1./s1. The van der Waals surface area contributed by atoms with Gasteiger partial charge in [-0.05, 0) is 72.3 Å². The van der Waals surface area contributed by atoms with E-state index in [-0.39, 0.29) is 6.04 Å². The minimum absolute atomic E-state index is 0.280. The Bertz CT molecular complexity index is 520. The van der Waals surface area contributed by atoms with Gasteiger partial charge in [-0.3, -0.25) is 0 Å². The molecule has 0 aliphatic carbocycles. The number of hydrogen-bond donors (Lipinski definition) is 4. The second-order valence-corrected chi connectivity index (χ2v) is 8.98. The highest BCUT2D eigenvalue weighted by atomic mass is 14.9. The predicted molar refractivity (Wildman–Crippen MR) is 151 cm³/mol. The molecule has 0 aromatic rings. The van der Waals surface area contributed by atoms with Gasteiger partial charge in [-0.15, -0.1) is 0 Å². The first-order valence-corrected chi connectivity index (χ1v) is 13.4. The van der Waals surface area contributed by atoms with Crippen molar-refractivity contribution in [2.24, 2.45) is 0 Å². The third-order valence-corrected chi connectivity index (χ3v) is 5.79. The summed E-state index contributed by atoms with van der Waals surface area (Å²) < 4.78 is 0. The molecule has 0 unspecified atom stereocenters. The number of allylic oxidation sites excluding steroid dienone is 3. The van der Waals surface area contributed by atoms with Gasteiger partial charge in [0.25, 0.3) is 0 Å². The lowest BCUT2D eigenvalue weighted by molar-refractivity contribution is 0.484. The summed E-state index contributed by atoms with van der Waals surface area (Å²) in [7, 11) is 2.05. The van der Waals surface area contributed by atoms with Crippen LogP contribution in [0.3, 0.4) is 0 Å². The van der Waals surface area contributed by atoms with Crippen molar-refractivity contribution in [3.63, 3.8) is 0 Å². The molecular formula is C29H58N4. The molecule has 0 aromatic carbocycles. The maximum Gasteiger partial charge on any atom is 0.0468 e. The van der Waals surface area contributed by atoms with Crippen molar-refractivity contribution in [3.05, 3.63) is 49.0 Å². The molecule has 0 rings (SSSR count). The monoisotopic (exact) mass is 462 g/mol. The Labute approximate surface area is 207 Å². The zero-order valence-electron chi connectivity index (χ0n) is 23.2. The molecule has 0 aromatic heterocycles. The smallest absolute Gasteiger partial charge is 0.0468 e. The van der Waals surface area contributed by atoms with Gasteiger partial charge in [0.1, 0.15) is 0 Å². The van der Waals surface area contributed by atoms with Gasteiger partial charge in [-0.1, -0.05) is 71.9 Å². The lowest BCUT2D eigenvalue weighted by Crippen LogP contribution is -2.28. The minimum atomic E-state index is 0.280. The summed E-state index contributed by atoms with van der Waals surface area (Å²) in [6.07, 6.45) is 13.0. The summed E-state index contributed by atoms with van der Waals surface area (Å²) in [6, 6.07) is 0.926. The van der Waals surface area contributed by atoms with E-state index in [2.05, 4.69) is 68.5 Å². The summed E-state index contributed by atoms with van der Waals surface area (Å²) in [6.45, 7) is 28.7. The van der Waals surface area contributed by atoms with Gasteiger partial charge in [0, 0.05) is 42.3 Å². The summed E-state index contributed by atoms with van der Waals surface area (Å²) >= 11 is 0. The van der Waals surface area contributed by atoms with Gasteiger partial charge in [-0.25, -0.2) is 0 Å². The van der Waals surface area contributed by atoms with Crippen molar-refractivity contribution in [1.29, 1.82) is 0 Å². The zero-order chi connectivity index (χ0) is 25.5. The van der Waals surface area contributed by atoms with Gasteiger partial charge in [0.15, 0.2) is 0 Å². The van der Waals surface area contributed by atoms with Gasteiger partial charge in [0.05, 0.1) is 0 Å². The fourth-order valence-electron chi connectivity index (χ4n) is 3.66. The summed E-state index contributed by atoms with van der Waals surface area (Å²) in [5.41, 5.74) is 4.45. The Kier molecular flexibility index (Phi) is 23.8. The molecule has 4 nitrogen and oxygen atoms in total. The van der Waals surface area contributed by atoms with Crippen molar-refractivity contribution < 1.29 is 0 Å². The highest BCUT2D eigenvalue weighted by Gasteiger charge is 2.09. The summed E-state index contributed by atoms with van der Waals surface area (Å²) in [5, 5.41) is 13.7. The Morgan fingerprint density at radius 3 is 1.82 bits per heavy atom. The predicted octanol–water partition coefficient (Wildman–Crippen LogP) is 7.19. The molecular weight excluding hydrogens is 404 g/mol. The Morgan fingerprint density at radius 2 is 1.27 bits per heavy atom. The lowest BCUT2D eigenvalue weighted by Gasteiger charge is -2.21. The van der Waals surface area contributed by atoms with Crippen molar-refractivity contribution >= 4 is 0 Å². The van der Waals surface area contributed by atoms with Gasteiger partial charge in [0.2, 0.25) is 0 Å². The topological polar surface area (TPSA) is 48.1 Å². The molecule has 0 spiro atoms. The van der Waals surface area contributed by atoms with Crippen LogP contribution in [-0.2, 0) is 0 Å². The molecule has 4 heteroatoms. The number of unbranched alkanes of at least 4 members (excludes halogenated alkanes) is 4. The molecule has 0 aliphatic rings. The average molecular weight is 463 g/mol. The van der Waals surface area contributed by atoms with Crippen LogP contribution in [0.25, 0.3) is 0 Å². The van der Waals surface area contributed by atoms with Crippen LogP contribution in [-0.4, -0.2) is 32.2 Å². The highest BCUT2D eigenvalue weighted by Crippen LogP contribution is 2.12. The van der Waals surface area contributed by atoms with Crippen molar-refractivity contribution in [1.82, 2.24) is 21.3 Å². The molecule has 0 aliphatic heterocycles. The van der Waals surface area contributed by atoms with Crippen LogP contribution >= 0.6 is 0 Å². The quantitative estimate of drug-likeness (QED) is 0.102. The molecule has 194 valence electrons. The zero-order valence-corrected chi connectivity index (χ0v) is 23.2. The largest absolute Gasteiger partial charge is 0.389 e. The van der Waals surface area contributed by atoms with E-state index in [0.717, 1.165) is 49.3 Å². The van der Waals surface area contributed by atoms with E-state index in [1.807, 2.05) is 20.8 Å². The molecule has 0 heterocycles. The normalized spacial score (nSPS) is 12.1. The third kappa shape index (κ3) is 21.9. The van der Waals surface area contributed by atoms with E-state index in [1.165, 1.54) is 57.1 Å². The van der Waals surface area contributed by atoms with Crippen molar-refractivity contribution in [2.75, 3.05) is 20.1 Å². The fraction of sp³-hybridized carbons (Fsp3) is 0.724. The molecule has 0 bridgehead atoms. The second-order valence-electron chi connectivity index (χ2n) is 8.98. The second kappa shape index (κ2) is 23.5. The first kappa shape index (κ1) is 33.5. The van der Waals surface area contributed by atoms with Gasteiger partial charge in [-0.2, -0.15) is 0 Å². The van der Waals surface area contributed by atoms with Crippen LogP contribution in [0.4, 0.5) is 0 Å². The molecule has 0 saturated carbocycles. The van der Waals surface area contributed by atoms with Crippen LogP contribution in [0, 0.1) is 0 Å². The Balaban J connectivity index is 0. The fourth-order valence-corrected chi connectivity index (χ4v) is 3.66. The van der Waals surface area contributed by atoms with Crippen molar-refractivity contribution in [2.45, 2.75) is 117 Å². The van der Waals surface area contributed by atoms with E-state index >= 15 is 0 Å². The number of rotatable bonds is 22. The van der Waals surface area contributed by atoms with E-state index in [0.29, 0.717) is 6.04 Å². The van der Waals surface area contributed by atoms with Crippen LogP contribution in [0.2, 0.25) is 0 Å². The molecule has 0 fully saturated rings. The number of hydrogen-bond acceptors (Lipinski definition) is 4. The number of nitrogens with one attached hydrogen (secondary N) is 4. The van der Waals surface area contributed by atoms with Gasteiger partial charge >= 0.3 is 0 Å². The van der Waals surface area contributed by atoms with Crippen LogP contribution in [0.15, 0.2) is 49.0 Å². The minimum Gasteiger partial charge on any atom is -0.389 e.